The Morgan fingerprint density at radius 2 is 0.650 bits per heavy atom. The fraction of sp³-hybridized carbons (Fsp3) is 0.0175. The molecule has 1 N–H and O–H groups in total. The first kappa shape index (κ1) is 36.5. The monoisotopic (exact) mass is 767 g/mol. The van der Waals surface area contributed by atoms with Gasteiger partial charge in [0.1, 0.15) is 0 Å². The number of nitrogens with zero attached hydrogens (tertiary/aromatic N) is 2. The van der Waals surface area contributed by atoms with Crippen LogP contribution in [0.4, 0.5) is 0 Å². The van der Waals surface area contributed by atoms with Crippen LogP contribution in [0.5, 0.6) is 0 Å². The normalized spacial score (nSPS) is 13.5. The SMILES string of the molecule is C1=C(c2ccccc2)C=C(c2cc(-c3cc(-c4ccccc4)cc(-c4ccccc4)n3)cc(-c3cc(-c4ccccc4)cc(-c4ccccc4)n3)c2)NC1c1ccccc1. The molecular formula is C57H41N3. The van der Waals surface area contributed by atoms with Gasteiger partial charge in [-0.3, -0.25) is 0 Å². The molecule has 3 heterocycles. The lowest BCUT2D eigenvalue weighted by Crippen LogP contribution is -2.21. The Morgan fingerprint density at radius 3 is 1.08 bits per heavy atom. The number of benzene rings is 7. The molecule has 1 aliphatic heterocycles. The maximum absolute atomic E-state index is 5.40. The second-order valence-corrected chi connectivity index (χ2v) is 15.1. The Labute approximate surface area is 351 Å². The summed E-state index contributed by atoms with van der Waals surface area (Å²) in [7, 11) is 0. The third kappa shape index (κ3) is 7.85. The van der Waals surface area contributed by atoms with Crippen molar-refractivity contribution in [1.29, 1.82) is 0 Å². The van der Waals surface area contributed by atoms with Crippen LogP contribution in [0.1, 0.15) is 22.7 Å². The molecule has 3 heteroatoms. The molecule has 10 rings (SSSR count). The zero-order valence-electron chi connectivity index (χ0n) is 33.0. The quantitative estimate of drug-likeness (QED) is 0.159. The lowest BCUT2D eigenvalue weighted by molar-refractivity contribution is 0.767. The molecule has 284 valence electrons. The van der Waals surface area contributed by atoms with Gasteiger partial charge in [0.2, 0.25) is 0 Å². The number of nitrogens with one attached hydrogen (secondary N) is 1. The van der Waals surface area contributed by atoms with Crippen molar-refractivity contribution >= 4 is 11.3 Å². The van der Waals surface area contributed by atoms with Gasteiger partial charge < -0.3 is 5.32 Å². The highest BCUT2D eigenvalue weighted by atomic mass is 14.9. The molecule has 7 aromatic carbocycles. The number of aromatic nitrogens is 2. The average molecular weight is 768 g/mol. The zero-order chi connectivity index (χ0) is 40.1. The Balaban J connectivity index is 1.21. The Morgan fingerprint density at radius 1 is 0.300 bits per heavy atom. The molecule has 0 saturated carbocycles. The minimum absolute atomic E-state index is 0.0399. The van der Waals surface area contributed by atoms with Crippen molar-refractivity contribution in [3.05, 3.63) is 253 Å². The van der Waals surface area contributed by atoms with E-state index >= 15 is 0 Å². The number of hydrogen-bond donors (Lipinski definition) is 1. The maximum atomic E-state index is 5.40. The highest BCUT2D eigenvalue weighted by Crippen LogP contribution is 2.38. The predicted octanol–water partition coefficient (Wildman–Crippen LogP) is 14.2. The van der Waals surface area contributed by atoms with E-state index in [2.05, 4.69) is 230 Å². The smallest absolute Gasteiger partial charge is 0.0716 e. The van der Waals surface area contributed by atoms with E-state index < -0.39 is 0 Å². The summed E-state index contributed by atoms with van der Waals surface area (Å²) in [6.07, 6.45) is 4.61. The standard InChI is InChI=1S/C57H41N3/c1-7-19-40(20-8-1)46-34-52(43-25-13-4-14-26-43)58-55(37-46)49-31-50(56-38-47(41-21-9-2-10-22-41)35-53(59-56)44-27-15-5-16-28-44)33-51(32-49)57-39-48(42-23-11-3-12-24-42)36-54(60-57)45-29-17-6-18-30-45/h1-39,52,58H. The van der Waals surface area contributed by atoms with Gasteiger partial charge in [0, 0.05) is 28.0 Å². The van der Waals surface area contributed by atoms with E-state index in [0.717, 1.165) is 84.1 Å². The summed E-state index contributed by atoms with van der Waals surface area (Å²) in [6.45, 7) is 0. The minimum atomic E-state index is -0.0399. The molecular weight excluding hydrogens is 727 g/mol. The molecule has 3 nitrogen and oxygen atoms in total. The summed E-state index contributed by atoms with van der Waals surface area (Å²) in [5.74, 6) is 0. The van der Waals surface area contributed by atoms with Crippen molar-refractivity contribution in [3.8, 4) is 67.3 Å². The molecule has 1 unspecified atom stereocenters. The molecule has 0 radical (unpaired) electrons. The first-order valence-corrected chi connectivity index (χ1v) is 20.4. The van der Waals surface area contributed by atoms with E-state index in [1.54, 1.807) is 0 Å². The molecule has 1 aliphatic rings. The van der Waals surface area contributed by atoms with Gasteiger partial charge in [-0.05, 0) is 99.1 Å². The van der Waals surface area contributed by atoms with E-state index in [9.17, 15) is 0 Å². The van der Waals surface area contributed by atoms with E-state index in [4.69, 9.17) is 9.97 Å². The van der Waals surface area contributed by atoms with Gasteiger partial charge in [-0.1, -0.05) is 182 Å². The third-order valence-electron chi connectivity index (χ3n) is 11.1. The number of pyridine rings is 2. The van der Waals surface area contributed by atoms with E-state index in [0.29, 0.717) is 0 Å². The van der Waals surface area contributed by atoms with E-state index in [-0.39, 0.29) is 6.04 Å². The molecule has 0 spiro atoms. The van der Waals surface area contributed by atoms with Crippen LogP contribution < -0.4 is 5.32 Å². The van der Waals surface area contributed by atoms with Crippen LogP contribution in [0.3, 0.4) is 0 Å². The van der Waals surface area contributed by atoms with Gasteiger partial charge in [0.15, 0.2) is 0 Å². The molecule has 9 aromatic rings. The molecule has 2 aromatic heterocycles. The van der Waals surface area contributed by atoms with Gasteiger partial charge in [0.25, 0.3) is 0 Å². The number of allylic oxidation sites excluding steroid dienone is 2. The first-order chi connectivity index (χ1) is 29.7. The topological polar surface area (TPSA) is 37.8 Å². The molecule has 0 bridgehead atoms. The van der Waals surface area contributed by atoms with Crippen molar-refractivity contribution in [2.75, 3.05) is 0 Å². The van der Waals surface area contributed by atoms with E-state index in [1.165, 1.54) is 11.1 Å². The van der Waals surface area contributed by atoms with Crippen molar-refractivity contribution in [3.63, 3.8) is 0 Å². The molecule has 0 aliphatic carbocycles. The molecule has 60 heavy (non-hydrogen) atoms. The number of dihydropyridines is 1. The molecule has 0 amide bonds. The summed E-state index contributed by atoms with van der Waals surface area (Å²) in [5.41, 5.74) is 17.8. The summed E-state index contributed by atoms with van der Waals surface area (Å²) >= 11 is 0. The van der Waals surface area contributed by atoms with Crippen molar-refractivity contribution in [1.82, 2.24) is 15.3 Å². The number of hydrogen-bond acceptors (Lipinski definition) is 3. The summed E-state index contributed by atoms with van der Waals surface area (Å²) in [6, 6.07) is 79.0. The summed E-state index contributed by atoms with van der Waals surface area (Å²) < 4.78 is 0. The van der Waals surface area contributed by atoms with Gasteiger partial charge in [-0.2, -0.15) is 0 Å². The lowest BCUT2D eigenvalue weighted by atomic mass is 9.91. The molecule has 0 fully saturated rings. The largest absolute Gasteiger partial charge is 0.374 e. The fourth-order valence-corrected chi connectivity index (χ4v) is 7.99. The van der Waals surface area contributed by atoms with Crippen LogP contribution in [0, 0.1) is 0 Å². The first-order valence-electron chi connectivity index (χ1n) is 20.4. The van der Waals surface area contributed by atoms with Crippen molar-refractivity contribution < 1.29 is 0 Å². The van der Waals surface area contributed by atoms with Crippen LogP contribution >= 0.6 is 0 Å². The number of rotatable bonds is 9. The van der Waals surface area contributed by atoms with Crippen LogP contribution in [-0.4, -0.2) is 9.97 Å². The van der Waals surface area contributed by atoms with Gasteiger partial charge in [-0.25, -0.2) is 9.97 Å². The Kier molecular flexibility index (Phi) is 10.0. The predicted molar refractivity (Wildman–Crippen MR) is 249 cm³/mol. The average Bonchev–Trinajstić information content (AvgIpc) is 3.35. The Hall–Kier alpha value is -7.88. The van der Waals surface area contributed by atoms with Crippen molar-refractivity contribution in [2.24, 2.45) is 0 Å². The molecule has 1 atom stereocenters. The maximum Gasteiger partial charge on any atom is 0.0716 e. The van der Waals surface area contributed by atoms with Crippen LogP contribution in [-0.2, 0) is 0 Å². The van der Waals surface area contributed by atoms with E-state index in [1.807, 2.05) is 12.1 Å². The van der Waals surface area contributed by atoms with Gasteiger partial charge >= 0.3 is 0 Å². The van der Waals surface area contributed by atoms with Gasteiger partial charge in [0.05, 0.1) is 28.8 Å². The van der Waals surface area contributed by atoms with Crippen molar-refractivity contribution in [2.45, 2.75) is 6.04 Å². The van der Waals surface area contributed by atoms with Crippen LogP contribution in [0.2, 0.25) is 0 Å². The van der Waals surface area contributed by atoms with Crippen LogP contribution in [0.15, 0.2) is 237 Å². The second-order valence-electron chi connectivity index (χ2n) is 15.1. The Bertz CT molecular complexity index is 2700. The highest BCUT2D eigenvalue weighted by Gasteiger charge is 2.21. The van der Waals surface area contributed by atoms with Crippen LogP contribution in [0.25, 0.3) is 78.6 Å². The zero-order valence-corrected chi connectivity index (χ0v) is 33.0. The second kappa shape index (κ2) is 16.5. The third-order valence-corrected chi connectivity index (χ3v) is 11.1. The molecule has 0 saturated heterocycles. The minimum Gasteiger partial charge on any atom is -0.374 e. The summed E-state index contributed by atoms with van der Waals surface area (Å²) in [4.78, 5) is 10.8. The highest BCUT2D eigenvalue weighted by molar-refractivity contribution is 5.89. The van der Waals surface area contributed by atoms with Gasteiger partial charge in [-0.15, -0.1) is 0 Å². The lowest BCUT2D eigenvalue weighted by Gasteiger charge is -2.26. The summed E-state index contributed by atoms with van der Waals surface area (Å²) in [5, 5.41) is 3.94. The fourth-order valence-electron chi connectivity index (χ4n) is 7.99.